The molecule has 0 aliphatic rings. The van der Waals surface area contributed by atoms with E-state index in [0.29, 0.717) is 12.3 Å². The molecule has 0 spiro atoms. The van der Waals surface area contributed by atoms with E-state index in [1.54, 1.807) is 11.9 Å². The summed E-state index contributed by atoms with van der Waals surface area (Å²) < 4.78 is 0. The molecular weight excluding hydrogens is 226 g/mol. The molecule has 0 rings (SSSR count). The van der Waals surface area contributed by atoms with Crippen molar-refractivity contribution in [2.24, 2.45) is 0 Å². The van der Waals surface area contributed by atoms with Gasteiger partial charge in [-0.1, -0.05) is 0 Å². The summed E-state index contributed by atoms with van der Waals surface area (Å²) in [5.41, 5.74) is 0. The average molecular weight is 247 g/mol. The molecule has 0 aromatic carbocycles. The molecule has 0 saturated carbocycles. The normalized spacial score (nSPS) is 12.4. The summed E-state index contributed by atoms with van der Waals surface area (Å²) >= 11 is 4.06. The minimum atomic E-state index is -0.534. The Morgan fingerprint density at radius 1 is 1.25 bits per heavy atom. The van der Waals surface area contributed by atoms with Crippen LogP contribution in [-0.4, -0.2) is 67.6 Å². The second-order valence-electron chi connectivity index (χ2n) is 4.00. The molecule has 6 heteroatoms. The fourth-order valence-corrected chi connectivity index (χ4v) is 1.40. The van der Waals surface area contributed by atoms with E-state index in [4.69, 9.17) is 0 Å². The van der Waals surface area contributed by atoms with Crippen molar-refractivity contribution in [3.63, 3.8) is 0 Å². The number of likely N-dealkylation sites (N-methyl/N-ethyl adjacent to an activating group) is 2. The second-order valence-corrected chi connectivity index (χ2v) is 4.36. The van der Waals surface area contributed by atoms with Crippen molar-refractivity contribution in [1.29, 1.82) is 0 Å². The van der Waals surface area contributed by atoms with E-state index < -0.39 is 6.04 Å². The van der Waals surface area contributed by atoms with Crippen molar-refractivity contribution in [2.75, 3.05) is 40.0 Å². The fourth-order valence-electron chi connectivity index (χ4n) is 1.16. The van der Waals surface area contributed by atoms with Gasteiger partial charge in [0.2, 0.25) is 11.8 Å². The Kier molecular flexibility index (Phi) is 7.16. The zero-order valence-electron chi connectivity index (χ0n) is 10.4. The van der Waals surface area contributed by atoms with Crippen LogP contribution in [0.1, 0.15) is 6.92 Å². The molecule has 1 unspecified atom stereocenters. The van der Waals surface area contributed by atoms with E-state index in [0.717, 1.165) is 6.54 Å². The van der Waals surface area contributed by atoms with E-state index in [1.807, 2.05) is 19.0 Å². The Hall–Kier alpha value is -0.750. The maximum absolute atomic E-state index is 11.9. The third kappa shape index (κ3) is 5.97. The number of hydrogen-bond donors (Lipinski definition) is 2. The molecule has 0 aromatic heterocycles. The Morgan fingerprint density at radius 3 is 2.19 bits per heavy atom. The Morgan fingerprint density at radius 2 is 1.81 bits per heavy atom. The predicted molar refractivity (Wildman–Crippen MR) is 67.6 cm³/mol. The quantitative estimate of drug-likeness (QED) is 0.619. The van der Waals surface area contributed by atoms with Crippen LogP contribution in [0.25, 0.3) is 0 Å². The van der Waals surface area contributed by atoms with E-state index in [2.05, 4.69) is 17.9 Å². The van der Waals surface area contributed by atoms with Gasteiger partial charge in [0, 0.05) is 32.8 Å². The summed E-state index contributed by atoms with van der Waals surface area (Å²) in [6, 6.07) is -0.534. The highest BCUT2D eigenvalue weighted by atomic mass is 32.1. The largest absolute Gasteiger partial charge is 0.344 e. The van der Waals surface area contributed by atoms with Crippen LogP contribution in [0.4, 0.5) is 0 Å². The topological polar surface area (TPSA) is 52.7 Å². The first-order valence-electron chi connectivity index (χ1n) is 5.16. The van der Waals surface area contributed by atoms with Crippen LogP contribution >= 0.6 is 12.6 Å². The highest BCUT2D eigenvalue weighted by Gasteiger charge is 2.21. The van der Waals surface area contributed by atoms with Gasteiger partial charge in [0.05, 0.1) is 0 Å². The van der Waals surface area contributed by atoms with Crippen molar-refractivity contribution in [2.45, 2.75) is 13.0 Å². The number of nitrogens with one attached hydrogen (secondary N) is 1. The van der Waals surface area contributed by atoms with Gasteiger partial charge in [0.1, 0.15) is 6.04 Å². The summed E-state index contributed by atoms with van der Waals surface area (Å²) in [6.07, 6.45) is 0. The summed E-state index contributed by atoms with van der Waals surface area (Å²) in [5, 5.41) is 2.58. The molecule has 0 aliphatic carbocycles. The lowest BCUT2D eigenvalue weighted by Crippen LogP contribution is -2.49. The first-order chi connectivity index (χ1) is 7.38. The van der Waals surface area contributed by atoms with Gasteiger partial charge in [-0.25, -0.2) is 0 Å². The number of amides is 2. The molecule has 0 saturated heterocycles. The summed E-state index contributed by atoms with van der Waals surface area (Å²) in [5.74, 6) is -0.00878. The van der Waals surface area contributed by atoms with E-state index in [9.17, 15) is 9.59 Å². The van der Waals surface area contributed by atoms with Gasteiger partial charge in [-0.3, -0.25) is 9.59 Å². The summed E-state index contributed by atoms with van der Waals surface area (Å²) in [7, 11) is 5.62. The highest BCUT2D eigenvalue weighted by molar-refractivity contribution is 7.80. The first-order valence-corrected chi connectivity index (χ1v) is 5.79. The van der Waals surface area contributed by atoms with Gasteiger partial charge in [-0.2, -0.15) is 12.6 Å². The lowest BCUT2D eigenvalue weighted by molar-refractivity contribution is -0.134. The molecule has 0 bridgehead atoms. The van der Waals surface area contributed by atoms with Crippen LogP contribution in [0.15, 0.2) is 0 Å². The molecule has 0 heterocycles. The predicted octanol–water partition coefficient (Wildman–Crippen LogP) is -0.559. The molecular formula is C10H21N3O2S. The van der Waals surface area contributed by atoms with Gasteiger partial charge in [-0.05, 0) is 14.1 Å². The number of carbonyl (C=O) groups excluding carboxylic acids is 2. The lowest BCUT2D eigenvalue weighted by atomic mass is 10.3. The van der Waals surface area contributed by atoms with Crippen molar-refractivity contribution < 1.29 is 9.59 Å². The fraction of sp³-hybridized carbons (Fsp3) is 0.800. The standard InChI is InChI=1S/C10H21N3O2S/c1-8(14)11-9(7-16)10(15)13(4)6-5-12(2)3/h9,16H,5-7H2,1-4H3,(H,11,14). The van der Waals surface area contributed by atoms with Crippen molar-refractivity contribution in [1.82, 2.24) is 15.1 Å². The van der Waals surface area contributed by atoms with Gasteiger partial charge in [-0.15, -0.1) is 0 Å². The Labute approximate surface area is 103 Å². The number of thiol groups is 1. The Bertz CT molecular complexity index is 246. The molecule has 94 valence electrons. The molecule has 0 radical (unpaired) electrons. The van der Waals surface area contributed by atoms with E-state index >= 15 is 0 Å². The van der Waals surface area contributed by atoms with Crippen molar-refractivity contribution in [3.05, 3.63) is 0 Å². The van der Waals surface area contributed by atoms with Gasteiger partial charge in [0.15, 0.2) is 0 Å². The summed E-state index contributed by atoms with van der Waals surface area (Å²) in [4.78, 5) is 26.4. The SMILES string of the molecule is CC(=O)NC(CS)C(=O)N(C)CCN(C)C. The third-order valence-corrected chi connectivity index (χ3v) is 2.48. The van der Waals surface area contributed by atoms with Crippen LogP contribution in [0.2, 0.25) is 0 Å². The van der Waals surface area contributed by atoms with Crippen molar-refractivity contribution >= 4 is 24.4 Å². The van der Waals surface area contributed by atoms with Crippen LogP contribution < -0.4 is 5.32 Å². The highest BCUT2D eigenvalue weighted by Crippen LogP contribution is 1.96. The van der Waals surface area contributed by atoms with E-state index in [-0.39, 0.29) is 11.8 Å². The van der Waals surface area contributed by atoms with Gasteiger partial charge < -0.3 is 15.1 Å². The number of rotatable bonds is 6. The smallest absolute Gasteiger partial charge is 0.245 e. The van der Waals surface area contributed by atoms with Crippen LogP contribution in [0.3, 0.4) is 0 Å². The minimum absolute atomic E-state index is 0.105. The molecule has 16 heavy (non-hydrogen) atoms. The van der Waals surface area contributed by atoms with Crippen LogP contribution in [-0.2, 0) is 9.59 Å². The summed E-state index contributed by atoms with van der Waals surface area (Å²) in [6.45, 7) is 2.82. The molecule has 0 aromatic rings. The molecule has 0 fully saturated rings. The molecule has 5 nitrogen and oxygen atoms in total. The molecule has 0 aliphatic heterocycles. The maximum Gasteiger partial charge on any atom is 0.245 e. The number of nitrogens with zero attached hydrogens (tertiary/aromatic N) is 2. The Balaban J connectivity index is 4.21. The van der Waals surface area contributed by atoms with Crippen LogP contribution in [0, 0.1) is 0 Å². The maximum atomic E-state index is 11.9. The average Bonchev–Trinajstić information content (AvgIpc) is 2.21. The zero-order valence-corrected chi connectivity index (χ0v) is 11.3. The molecule has 1 atom stereocenters. The number of carbonyl (C=O) groups is 2. The lowest BCUT2D eigenvalue weighted by Gasteiger charge is -2.24. The van der Waals surface area contributed by atoms with Crippen molar-refractivity contribution in [3.8, 4) is 0 Å². The third-order valence-electron chi connectivity index (χ3n) is 2.12. The first kappa shape index (κ1) is 15.2. The minimum Gasteiger partial charge on any atom is -0.344 e. The number of hydrogen-bond acceptors (Lipinski definition) is 4. The molecule has 1 N–H and O–H groups in total. The van der Waals surface area contributed by atoms with Gasteiger partial charge in [0.25, 0.3) is 0 Å². The van der Waals surface area contributed by atoms with E-state index in [1.165, 1.54) is 6.92 Å². The second kappa shape index (κ2) is 7.51. The monoisotopic (exact) mass is 247 g/mol. The molecule has 2 amide bonds. The van der Waals surface area contributed by atoms with Gasteiger partial charge >= 0.3 is 0 Å². The zero-order chi connectivity index (χ0) is 12.7. The van der Waals surface area contributed by atoms with Crippen LogP contribution in [0.5, 0.6) is 0 Å².